The number of phenols is 2. The number of phenolic OH excluding ortho intramolecular Hbond substituents is 2. The summed E-state index contributed by atoms with van der Waals surface area (Å²) in [5.74, 6) is -0.185. The summed E-state index contributed by atoms with van der Waals surface area (Å²) in [6.45, 7) is 2.71. The molecule has 1 atom stereocenters. The molecule has 0 amide bonds. The lowest BCUT2D eigenvalue weighted by atomic mass is 10.1. The van der Waals surface area contributed by atoms with Gasteiger partial charge < -0.3 is 15.5 Å². The summed E-state index contributed by atoms with van der Waals surface area (Å²) in [4.78, 5) is 0. The van der Waals surface area contributed by atoms with Crippen LogP contribution in [0.15, 0.2) is 46.9 Å². The predicted octanol–water partition coefficient (Wildman–Crippen LogP) is 3.71. The van der Waals surface area contributed by atoms with Gasteiger partial charge in [-0.15, -0.1) is 0 Å². The fourth-order valence-corrected chi connectivity index (χ4v) is 2.51. The quantitative estimate of drug-likeness (QED) is 0.752. The van der Waals surface area contributed by atoms with Gasteiger partial charge >= 0.3 is 0 Å². The van der Waals surface area contributed by atoms with Crippen LogP contribution >= 0.6 is 15.9 Å². The molecule has 2 aromatic carbocycles. The molecule has 1 unspecified atom stereocenters. The van der Waals surface area contributed by atoms with Gasteiger partial charge in [0.2, 0.25) is 0 Å². The van der Waals surface area contributed by atoms with E-state index in [1.807, 2.05) is 18.2 Å². The molecule has 0 aliphatic rings. The van der Waals surface area contributed by atoms with E-state index in [0.29, 0.717) is 6.54 Å². The Hall–Kier alpha value is -1.52. The van der Waals surface area contributed by atoms with Crippen molar-refractivity contribution in [1.82, 2.24) is 5.32 Å². The fraction of sp³-hybridized carbons (Fsp3) is 0.200. The Morgan fingerprint density at radius 1 is 1.11 bits per heavy atom. The fourth-order valence-electron chi connectivity index (χ4n) is 1.89. The second kappa shape index (κ2) is 6.08. The zero-order valence-electron chi connectivity index (χ0n) is 10.6. The maximum Gasteiger partial charge on any atom is 0.157 e. The van der Waals surface area contributed by atoms with E-state index in [2.05, 4.69) is 34.2 Å². The van der Waals surface area contributed by atoms with Crippen LogP contribution in [-0.2, 0) is 6.54 Å². The highest BCUT2D eigenvalue weighted by Gasteiger charge is 2.08. The third-order valence-corrected chi connectivity index (χ3v) is 3.75. The summed E-state index contributed by atoms with van der Waals surface area (Å²) in [5, 5.41) is 22.1. The predicted molar refractivity (Wildman–Crippen MR) is 79.2 cm³/mol. The van der Waals surface area contributed by atoms with Gasteiger partial charge in [-0.05, 0) is 36.2 Å². The number of rotatable bonds is 4. The standard InChI is InChI=1S/C15H16BrNO2/c1-10(12-4-2-3-5-13(12)16)17-9-11-6-7-14(18)15(19)8-11/h2-8,10,17-19H,9H2,1H3. The Kier molecular flexibility index (Phi) is 4.45. The molecule has 19 heavy (non-hydrogen) atoms. The van der Waals surface area contributed by atoms with Crippen molar-refractivity contribution in [3.8, 4) is 11.5 Å². The van der Waals surface area contributed by atoms with Gasteiger partial charge in [-0.1, -0.05) is 40.2 Å². The second-order valence-electron chi connectivity index (χ2n) is 4.45. The molecule has 0 saturated carbocycles. The molecule has 0 radical (unpaired) electrons. The second-order valence-corrected chi connectivity index (χ2v) is 5.30. The van der Waals surface area contributed by atoms with Crippen LogP contribution in [0.1, 0.15) is 24.1 Å². The van der Waals surface area contributed by atoms with Gasteiger partial charge in [0.15, 0.2) is 11.5 Å². The molecule has 100 valence electrons. The van der Waals surface area contributed by atoms with E-state index in [4.69, 9.17) is 0 Å². The summed E-state index contributed by atoms with van der Waals surface area (Å²) < 4.78 is 1.07. The number of halogens is 1. The number of benzene rings is 2. The largest absolute Gasteiger partial charge is 0.504 e. The summed E-state index contributed by atoms with van der Waals surface area (Å²) in [6, 6.07) is 13.1. The van der Waals surface area contributed by atoms with Crippen LogP contribution in [0.4, 0.5) is 0 Å². The van der Waals surface area contributed by atoms with Crippen LogP contribution < -0.4 is 5.32 Å². The molecule has 4 heteroatoms. The van der Waals surface area contributed by atoms with E-state index < -0.39 is 0 Å². The summed E-state index contributed by atoms with van der Waals surface area (Å²) in [5.41, 5.74) is 2.11. The Bertz CT molecular complexity index is 572. The molecular weight excluding hydrogens is 306 g/mol. The van der Waals surface area contributed by atoms with Crippen molar-refractivity contribution < 1.29 is 10.2 Å². The van der Waals surface area contributed by atoms with Crippen LogP contribution in [0.3, 0.4) is 0 Å². The van der Waals surface area contributed by atoms with Crippen LogP contribution in [0.2, 0.25) is 0 Å². The van der Waals surface area contributed by atoms with Gasteiger partial charge in [0, 0.05) is 17.1 Å². The van der Waals surface area contributed by atoms with Crippen molar-refractivity contribution in [1.29, 1.82) is 0 Å². The Morgan fingerprint density at radius 2 is 1.84 bits per heavy atom. The highest BCUT2D eigenvalue weighted by atomic mass is 79.9. The molecule has 3 nitrogen and oxygen atoms in total. The Balaban J connectivity index is 2.02. The average Bonchev–Trinajstić information content (AvgIpc) is 2.40. The lowest BCUT2D eigenvalue weighted by Crippen LogP contribution is -2.18. The van der Waals surface area contributed by atoms with Crippen LogP contribution in [0.25, 0.3) is 0 Å². The first kappa shape index (κ1) is 13.9. The third kappa shape index (κ3) is 3.49. The summed E-state index contributed by atoms with van der Waals surface area (Å²) in [7, 11) is 0. The number of hydrogen-bond donors (Lipinski definition) is 3. The minimum Gasteiger partial charge on any atom is -0.504 e. The lowest BCUT2D eigenvalue weighted by molar-refractivity contribution is 0.402. The Labute approximate surface area is 121 Å². The smallest absolute Gasteiger partial charge is 0.157 e. The van der Waals surface area contributed by atoms with E-state index in [-0.39, 0.29) is 17.5 Å². The van der Waals surface area contributed by atoms with Gasteiger partial charge in [0.25, 0.3) is 0 Å². The molecule has 0 heterocycles. The minimum absolute atomic E-state index is 0.0900. The van der Waals surface area contributed by atoms with E-state index >= 15 is 0 Å². The maximum atomic E-state index is 9.44. The van der Waals surface area contributed by atoms with Crippen LogP contribution in [0, 0.1) is 0 Å². The summed E-state index contributed by atoms with van der Waals surface area (Å²) >= 11 is 3.53. The highest BCUT2D eigenvalue weighted by Crippen LogP contribution is 2.26. The van der Waals surface area contributed by atoms with Crippen LogP contribution in [0.5, 0.6) is 11.5 Å². The molecule has 0 aliphatic heterocycles. The number of aromatic hydroxyl groups is 2. The first-order chi connectivity index (χ1) is 9.08. The van der Waals surface area contributed by atoms with Crippen molar-refractivity contribution in [2.24, 2.45) is 0 Å². The molecular formula is C15H16BrNO2. The van der Waals surface area contributed by atoms with E-state index in [1.54, 1.807) is 12.1 Å². The maximum absolute atomic E-state index is 9.44. The topological polar surface area (TPSA) is 52.5 Å². The van der Waals surface area contributed by atoms with Crippen molar-refractivity contribution in [3.63, 3.8) is 0 Å². The Morgan fingerprint density at radius 3 is 2.53 bits per heavy atom. The van der Waals surface area contributed by atoms with Gasteiger partial charge in [0.05, 0.1) is 0 Å². The van der Waals surface area contributed by atoms with Crippen molar-refractivity contribution in [2.45, 2.75) is 19.5 Å². The van der Waals surface area contributed by atoms with Gasteiger partial charge in [-0.25, -0.2) is 0 Å². The molecule has 0 aliphatic carbocycles. The van der Waals surface area contributed by atoms with Gasteiger partial charge in [0.1, 0.15) is 0 Å². The molecule has 3 N–H and O–H groups in total. The number of nitrogens with one attached hydrogen (secondary N) is 1. The van der Waals surface area contributed by atoms with Crippen LogP contribution in [-0.4, -0.2) is 10.2 Å². The molecule has 2 rings (SSSR count). The van der Waals surface area contributed by atoms with E-state index in [1.165, 1.54) is 11.6 Å². The third-order valence-electron chi connectivity index (χ3n) is 3.02. The normalized spacial score (nSPS) is 12.3. The zero-order valence-corrected chi connectivity index (χ0v) is 12.2. The highest BCUT2D eigenvalue weighted by molar-refractivity contribution is 9.10. The first-order valence-electron chi connectivity index (χ1n) is 6.06. The molecule has 2 aromatic rings. The average molecular weight is 322 g/mol. The first-order valence-corrected chi connectivity index (χ1v) is 6.86. The molecule has 0 spiro atoms. The minimum atomic E-state index is -0.0948. The van der Waals surface area contributed by atoms with Gasteiger partial charge in [-0.3, -0.25) is 0 Å². The molecule has 0 saturated heterocycles. The van der Waals surface area contributed by atoms with Gasteiger partial charge in [-0.2, -0.15) is 0 Å². The van der Waals surface area contributed by atoms with Crippen molar-refractivity contribution in [2.75, 3.05) is 0 Å². The van der Waals surface area contributed by atoms with E-state index in [0.717, 1.165) is 10.0 Å². The molecule has 0 bridgehead atoms. The monoisotopic (exact) mass is 321 g/mol. The van der Waals surface area contributed by atoms with Crippen molar-refractivity contribution in [3.05, 3.63) is 58.1 Å². The number of hydrogen-bond acceptors (Lipinski definition) is 3. The molecule has 0 aromatic heterocycles. The SMILES string of the molecule is CC(NCc1ccc(O)c(O)c1)c1ccccc1Br. The lowest BCUT2D eigenvalue weighted by Gasteiger charge is -2.16. The van der Waals surface area contributed by atoms with Crippen molar-refractivity contribution >= 4 is 15.9 Å². The summed E-state index contributed by atoms with van der Waals surface area (Å²) in [6.07, 6.45) is 0. The van der Waals surface area contributed by atoms with E-state index in [9.17, 15) is 10.2 Å². The zero-order chi connectivity index (χ0) is 13.8. The molecule has 0 fully saturated rings.